The van der Waals surface area contributed by atoms with Crippen LogP contribution < -0.4 is 10.6 Å². The Kier molecular flexibility index (Phi) is 8.86. The fraction of sp³-hybridized carbons (Fsp3) is 0.206. The zero-order valence-corrected chi connectivity index (χ0v) is 25.8. The van der Waals surface area contributed by atoms with Gasteiger partial charge in [0.15, 0.2) is 0 Å². The molecule has 2 amide bonds. The van der Waals surface area contributed by atoms with Crippen molar-refractivity contribution in [3.05, 3.63) is 108 Å². The lowest BCUT2D eigenvalue weighted by atomic mass is 10.0. The van der Waals surface area contributed by atoms with Crippen LogP contribution in [0, 0.1) is 0 Å². The third-order valence-electron chi connectivity index (χ3n) is 7.50. The molecule has 0 saturated carbocycles. The number of benzene rings is 2. The molecule has 1 fully saturated rings. The van der Waals surface area contributed by atoms with Crippen molar-refractivity contribution in [1.82, 2.24) is 29.4 Å². The van der Waals surface area contributed by atoms with Crippen LogP contribution in [0.15, 0.2) is 97.3 Å². The van der Waals surface area contributed by atoms with Gasteiger partial charge in [0, 0.05) is 66.0 Å². The second-order valence-corrected chi connectivity index (χ2v) is 11.6. The summed E-state index contributed by atoms with van der Waals surface area (Å²) < 4.78 is 1.84. The van der Waals surface area contributed by atoms with Gasteiger partial charge in [-0.1, -0.05) is 35.9 Å². The van der Waals surface area contributed by atoms with E-state index in [0.717, 1.165) is 34.5 Å². The molecule has 1 atom stereocenters. The minimum atomic E-state index is -0.210. The highest BCUT2D eigenvalue weighted by atomic mass is 35.5. The molecule has 45 heavy (non-hydrogen) atoms. The van der Waals surface area contributed by atoms with E-state index < -0.39 is 0 Å². The molecule has 4 heterocycles. The van der Waals surface area contributed by atoms with Gasteiger partial charge in [-0.2, -0.15) is 5.10 Å². The first-order valence-electron chi connectivity index (χ1n) is 14.7. The topological polar surface area (TPSA) is 108 Å². The average Bonchev–Trinajstić information content (AvgIpc) is 3.66. The highest BCUT2D eigenvalue weighted by molar-refractivity contribution is 6.30. The Balaban J connectivity index is 1.13. The lowest BCUT2D eigenvalue weighted by molar-refractivity contribution is -0.111. The van der Waals surface area contributed by atoms with Crippen LogP contribution in [0.4, 0.5) is 11.6 Å². The van der Waals surface area contributed by atoms with E-state index in [-0.39, 0.29) is 17.9 Å². The van der Waals surface area contributed by atoms with Gasteiger partial charge in [-0.05, 0) is 75.1 Å². The summed E-state index contributed by atoms with van der Waals surface area (Å²) in [5, 5.41) is 11.7. The zero-order chi connectivity index (χ0) is 31.3. The molecule has 2 N–H and O–H groups in total. The fourth-order valence-corrected chi connectivity index (χ4v) is 5.53. The first kappa shape index (κ1) is 30.0. The molecule has 1 saturated heterocycles. The molecule has 10 nitrogen and oxygen atoms in total. The number of hydrogen-bond acceptors (Lipinski definition) is 7. The first-order valence-corrected chi connectivity index (χ1v) is 15.1. The van der Waals surface area contributed by atoms with Crippen molar-refractivity contribution >= 4 is 40.6 Å². The number of halogens is 1. The Labute approximate surface area is 266 Å². The summed E-state index contributed by atoms with van der Waals surface area (Å²) in [5.74, 6) is 0.215. The molecule has 2 aromatic carbocycles. The van der Waals surface area contributed by atoms with E-state index in [1.165, 1.54) is 6.08 Å². The Morgan fingerprint density at radius 1 is 1.07 bits per heavy atom. The van der Waals surface area contributed by atoms with Crippen molar-refractivity contribution < 1.29 is 9.59 Å². The van der Waals surface area contributed by atoms with Crippen LogP contribution in [0.3, 0.4) is 0 Å². The summed E-state index contributed by atoms with van der Waals surface area (Å²) in [4.78, 5) is 38.5. The van der Waals surface area contributed by atoms with Crippen molar-refractivity contribution in [2.24, 2.45) is 0 Å². The number of nitrogens with zero attached hydrogens (tertiary/aromatic N) is 6. The van der Waals surface area contributed by atoms with Gasteiger partial charge >= 0.3 is 0 Å². The molecule has 5 aromatic rings. The Morgan fingerprint density at radius 2 is 1.91 bits per heavy atom. The SMILES string of the molecule is CN(C)C/C=C/C(=O)Nc1ccc(C(=O)N2CCC(Nc3nccc(-c4c(-c5cccc(Cl)c5)nn5ccccc45)n3)C2)cc1. The van der Waals surface area contributed by atoms with E-state index in [0.29, 0.717) is 41.9 Å². The van der Waals surface area contributed by atoms with Crippen LogP contribution in [0.2, 0.25) is 5.02 Å². The number of nitrogens with one attached hydrogen (secondary N) is 2. The Hall–Kier alpha value is -5.06. The first-order chi connectivity index (χ1) is 21.8. The van der Waals surface area contributed by atoms with Gasteiger partial charge in [-0.25, -0.2) is 14.5 Å². The predicted octanol–water partition coefficient (Wildman–Crippen LogP) is 5.49. The number of pyridine rings is 1. The zero-order valence-electron chi connectivity index (χ0n) is 25.0. The molecule has 0 spiro atoms. The van der Waals surface area contributed by atoms with Crippen molar-refractivity contribution in [3.63, 3.8) is 0 Å². The number of carbonyl (C=O) groups is 2. The van der Waals surface area contributed by atoms with Crippen molar-refractivity contribution in [2.75, 3.05) is 44.4 Å². The molecular weight excluding hydrogens is 588 g/mol. The van der Waals surface area contributed by atoms with Crippen molar-refractivity contribution in [1.29, 1.82) is 0 Å². The van der Waals surface area contributed by atoms with Crippen LogP contribution in [-0.2, 0) is 4.79 Å². The third-order valence-corrected chi connectivity index (χ3v) is 7.73. The molecule has 1 aliphatic heterocycles. The molecule has 228 valence electrons. The standard InChI is InChI=1S/C34H33ClN8O2/c1-41(2)18-6-10-30(44)37-26-13-11-23(12-14-26)33(45)42-20-16-27(22-42)38-34-36-17-15-28(39-34)31-29-9-3-4-19-43(29)40-32(31)24-7-5-8-25(35)21-24/h3-15,17,19,21,27H,16,18,20,22H2,1-2H3,(H,37,44)(H,36,38,39)/b10-6+. The maximum atomic E-state index is 13.3. The molecular formula is C34H33ClN8O2. The molecule has 0 bridgehead atoms. The number of fused-ring (bicyclic) bond motifs is 1. The van der Waals surface area contributed by atoms with Crippen LogP contribution in [-0.4, -0.2) is 81.0 Å². The summed E-state index contributed by atoms with van der Waals surface area (Å²) >= 11 is 6.32. The summed E-state index contributed by atoms with van der Waals surface area (Å²) in [6.45, 7) is 1.81. The molecule has 0 aliphatic carbocycles. The quantitative estimate of drug-likeness (QED) is 0.210. The summed E-state index contributed by atoms with van der Waals surface area (Å²) in [5.41, 5.74) is 5.40. The van der Waals surface area contributed by atoms with E-state index in [2.05, 4.69) is 15.6 Å². The number of amides is 2. The van der Waals surface area contributed by atoms with E-state index in [1.54, 1.807) is 36.5 Å². The lowest BCUT2D eigenvalue weighted by Crippen LogP contribution is -2.31. The second-order valence-electron chi connectivity index (χ2n) is 11.1. The van der Waals surface area contributed by atoms with Gasteiger partial charge in [-0.15, -0.1) is 0 Å². The van der Waals surface area contributed by atoms with E-state index in [4.69, 9.17) is 21.7 Å². The fourth-order valence-electron chi connectivity index (χ4n) is 5.33. The van der Waals surface area contributed by atoms with Crippen molar-refractivity contribution in [3.8, 4) is 22.5 Å². The van der Waals surface area contributed by atoms with E-state index >= 15 is 0 Å². The molecule has 1 unspecified atom stereocenters. The minimum absolute atomic E-state index is 0.00646. The van der Waals surface area contributed by atoms with Gasteiger partial charge < -0.3 is 20.4 Å². The molecule has 11 heteroatoms. The average molecular weight is 621 g/mol. The van der Waals surface area contributed by atoms with Gasteiger partial charge in [0.1, 0.15) is 5.69 Å². The summed E-state index contributed by atoms with van der Waals surface area (Å²) in [7, 11) is 3.87. The second kappa shape index (κ2) is 13.3. The number of anilines is 2. The summed E-state index contributed by atoms with van der Waals surface area (Å²) in [6.07, 6.45) is 7.70. The third kappa shape index (κ3) is 7.03. The molecule has 1 aliphatic rings. The number of hydrogen-bond donors (Lipinski definition) is 2. The Morgan fingerprint density at radius 3 is 2.71 bits per heavy atom. The monoisotopic (exact) mass is 620 g/mol. The van der Waals surface area contributed by atoms with Gasteiger partial charge in [0.25, 0.3) is 5.91 Å². The smallest absolute Gasteiger partial charge is 0.253 e. The number of likely N-dealkylation sites (tertiary alicyclic amines) is 1. The maximum Gasteiger partial charge on any atom is 0.253 e. The van der Waals surface area contributed by atoms with Crippen LogP contribution in [0.25, 0.3) is 28.0 Å². The van der Waals surface area contributed by atoms with Crippen LogP contribution >= 0.6 is 11.6 Å². The maximum absolute atomic E-state index is 13.3. The number of aromatic nitrogens is 4. The number of carbonyl (C=O) groups excluding carboxylic acids is 2. The minimum Gasteiger partial charge on any atom is -0.350 e. The molecule has 6 rings (SSSR count). The van der Waals surface area contributed by atoms with Gasteiger partial charge in [0.05, 0.1) is 16.8 Å². The van der Waals surface area contributed by atoms with E-state index in [1.807, 2.05) is 83.1 Å². The number of rotatable bonds is 9. The number of likely N-dealkylation sites (N-methyl/N-ethyl adjacent to an activating group) is 1. The summed E-state index contributed by atoms with van der Waals surface area (Å²) in [6, 6.07) is 22.4. The van der Waals surface area contributed by atoms with Crippen LogP contribution in [0.1, 0.15) is 16.8 Å². The van der Waals surface area contributed by atoms with Crippen molar-refractivity contribution in [2.45, 2.75) is 12.5 Å². The predicted molar refractivity (Wildman–Crippen MR) is 177 cm³/mol. The normalized spacial score (nSPS) is 14.8. The van der Waals surface area contributed by atoms with Gasteiger partial charge in [0.2, 0.25) is 11.9 Å². The van der Waals surface area contributed by atoms with Crippen LogP contribution in [0.5, 0.6) is 0 Å². The van der Waals surface area contributed by atoms with Gasteiger partial charge in [-0.3, -0.25) is 9.59 Å². The highest BCUT2D eigenvalue weighted by Gasteiger charge is 2.28. The molecule has 0 radical (unpaired) electrons. The highest BCUT2D eigenvalue weighted by Crippen LogP contribution is 2.35. The Bertz CT molecular complexity index is 1870. The lowest BCUT2D eigenvalue weighted by Gasteiger charge is -2.17. The van der Waals surface area contributed by atoms with E-state index in [9.17, 15) is 9.59 Å². The molecule has 3 aromatic heterocycles. The largest absolute Gasteiger partial charge is 0.350 e.